The molecule has 0 saturated heterocycles. The minimum absolute atomic E-state index is 0. The molecule has 0 aromatic rings. The van der Waals surface area contributed by atoms with Gasteiger partial charge in [-0.25, -0.2) is 0 Å². The van der Waals surface area contributed by atoms with Crippen molar-refractivity contribution in [1.82, 2.24) is 0 Å². The minimum atomic E-state index is 0. The molecule has 0 aliphatic carbocycles. The molecule has 5 heavy (non-hydrogen) atoms. The summed E-state index contributed by atoms with van der Waals surface area (Å²) in [6, 6.07) is 0. The van der Waals surface area contributed by atoms with Crippen LogP contribution in [0.25, 0.3) is 0 Å². The average Bonchev–Trinajstić information content (AvgIpc) is 1.37. The first kappa shape index (κ1) is 8.88. The second kappa shape index (κ2) is 9.02. The van der Waals surface area contributed by atoms with Crippen LogP contribution in [0, 0.1) is 0 Å². The monoisotopic (exact) mass is 112 g/mol. The summed E-state index contributed by atoms with van der Waals surface area (Å²) in [6.45, 7) is 6.72. The molecule has 0 radical (unpaired) electrons. The second-order valence-electron chi connectivity index (χ2n) is 0.471. The molecule has 0 nitrogen and oxygen atoms in total. The van der Waals surface area contributed by atoms with Crippen LogP contribution in [-0.4, -0.2) is 0 Å². The van der Waals surface area contributed by atoms with Gasteiger partial charge in [0, 0.05) is 16.5 Å². The van der Waals surface area contributed by atoms with E-state index in [1.165, 1.54) is 0 Å². The van der Waals surface area contributed by atoms with E-state index in [9.17, 15) is 0 Å². The summed E-state index contributed by atoms with van der Waals surface area (Å²) in [5.74, 6) is 0. The average molecular weight is 113 g/mol. The molecule has 32 valence electrons. The Bertz CT molecular complexity index is 24.6. The number of hydrogen-bond acceptors (Lipinski definition) is 0. The molecule has 0 rings (SSSR count). The zero-order valence-corrected chi connectivity index (χ0v) is 3.87. The molecular formula is C4H6Ni. The zero-order valence-electron chi connectivity index (χ0n) is 2.89. The first-order valence-electron chi connectivity index (χ1n) is 1.15. The third-order valence-electron chi connectivity index (χ3n) is 0.167. The van der Waals surface area contributed by atoms with Crippen LogP contribution in [0.3, 0.4) is 0 Å². The molecule has 0 spiro atoms. The fraction of sp³-hybridized carbons (Fsp3) is 0. The number of allylic oxidation sites excluding steroid dienone is 2. The molecule has 0 atom stereocenters. The SMILES string of the molecule is C=CC=C.[Ni]. The van der Waals surface area contributed by atoms with Crippen LogP contribution in [-0.2, 0) is 16.5 Å². The Morgan fingerprint density at radius 1 is 1.00 bits per heavy atom. The van der Waals surface area contributed by atoms with E-state index < -0.39 is 0 Å². The summed E-state index contributed by atoms with van der Waals surface area (Å²) >= 11 is 0. The maximum Gasteiger partial charge on any atom is 0 e. The number of hydrogen-bond donors (Lipinski definition) is 0. The topological polar surface area (TPSA) is 0 Å². The van der Waals surface area contributed by atoms with Crippen LogP contribution in [0.5, 0.6) is 0 Å². The van der Waals surface area contributed by atoms with Crippen LogP contribution in [0.1, 0.15) is 0 Å². The van der Waals surface area contributed by atoms with Crippen LogP contribution in [0.15, 0.2) is 25.3 Å². The first-order chi connectivity index (χ1) is 1.91. The Morgan fingerprint density at radius 3 is 1.20 bits per heavy atom. The van der Waals surface area contributed by atoms with Crippen molar-refractivity contribution in [3.63, 3.8) is 0 Å². The Hall–Kier alpha value is -0.0265. The Kier molecular flexibility index (Phi) is 16.0. The van der Waals surface area contributed by atoms with Crippen molar-refractivity contribution < 1.29 is 16.5 Å². The molecule has 0 bridgehead atoms. The van der Waals surface area contributed by atoms with Gasteiger partial charge < -0.3 is 0 Å². The van der Waals surface area contributed by atoms with Crippen molar-refractivity contribution >= 4 is 0 Å². The standard InChI is InChI=1S/C4H6.Ni/c1-3-4-2;/h3-4H,1-2H2;. The van der Waals surface area contributed by atoms with Crippen LogP contribution in [0.2, 0.25) is 0 Å². The van der Waals surface area contributed by atoms with Crippen molar-refractivity contribution in [3.8, 4) is 0 Å². The Morgan fingerprint density at radius 2 is 1.20 bits per heavy atom. The molecule has 0 N–H and O–H groups in total. The van der Waals surface area contributed by atoms with Gasteiger partial charge in [0.1, 0.15) is 0 Å². The summed E-state index contributed by atoms with van der Waals surface area (Å²) in [6.07, 6.45) is 3.28. The van der Waals surface area contributed by atoms with Crippen molar-refractivity contribution in [3.05, 3.63) is 25.3 Å². The van der Waals surface area contributed by atoms with E-state index in [2.05, 4.69) is 13.2 Å². The second-order valence-corrected chi connectivity index (χ2v) is 0.471. The molecule has 0 aromatic carbocycles. The van der Waals surface area contributed by atoms with Crippen molar-refractivity contribution in [2.45, 2.75) is 0 Å². The summed E-state index contributed by atoms with van der Waals surface area (Å²) in [4.78, 5) is 0. The quantitative estimate of drug-likeness (QED) is 0.355. The predicted octanol–water partition coefficient (Wildman–Crippen LogP) is 1.36. The van der Waals surface area contributed by atoms with Crippen molar-refractivity contribution in [2.75, 3.05) is 0 Å². The van der Waals surface area contributed by atoms with Gasteiger partial charge in [-0.05, 0) is 0 Å². The van der Waals surface area contributed by atoms with Gasteiger partial charge in [-0.15, -0.1) is 0 Å². The molecule has 0 amide bonds. The van der Waals surface area contributed by atoms with Gasteiger partial charge in [-0.2, -0.15) is 0 Å². The molecule has 0 unspecified atom stereocenters. The van der Waals surface area contributed by atoms with Crippen molar-refractivity contribution in [1.29, 1.82) is 0 Å². The van der Waals surface area contributed by atoms with Crippen LogP contribution in [0.4, 0.5) is 0 Å². The molecule has 0 aromatic heterocycles. The fourth-order valence-electron chi connectivity index (χ4n) is 0. The summed E-state index contributed by atoms with van der Waals surface area (Å²) in [7, 11) is 0. The Balaban J connectivity index is 0. The molecule has 0 heterocycles. The van der Waals surface area contributed by atoms with E-state index in [-0.39, 0.29) is 16.5 Å². The van der Waals surface area contributed by atoms with Gasteiger partial charge >= 0.3 is 0 Å². The van der Waals surface area contributed by atoms with E-state index in [0.717, 1.165) is 0 Å². The van der Waals surface area contributed by atoms with E-state index in [0.29, 0.717) is 0 Å². The van der Waals surface area contributed by atoms with Gasteiger partial charge in [0.15, 0.2) is 0 Å². The zero-order chi connectivity index (χ0) is 3.41. The van der Waals surface area contributed by atoms with Gasteiger partial charge in [-0.1, -0.05) is 25.3 Å². The third-order valence-corrected chi connectivity index (χ3v) is 0.167. The number of rotatable bonds is 1. The van der Waals surface area contributed by atoms with E-state index >= 15 is 0 Å². The van der Waals surface area contributed by atoms with E-state index in [1.807, 2.05) is 0 Å². The maximum atomic E-state index is 3.36. The molecule has 1 heteroatoms. The fourth-order valence-corrected chi connectivity index (χ4v) is 0. The smallest absolute Gasteiger partial charge is 0 e. The Labute approximate surface area is 42.5 Å². The normalized spacial score (nSPS) is 4.00. The largest absolute Gasteiger partial charge is 0.0991 e. The molecule has 0 aliphatic rings. The van der Waals surface area contributed by atoms with Crippen molar-refractivity contribution in [2.24, 2.45) is 0 Å². The molecule has 0 fully saturated rings. The minimum Gasteiger partial charge on any atom is -0.0991 e. The van der Waals surface area contributed by atoms with Crippen LogP contribution >= 0.6 is 0 Å². The molecule has 0 aliphatic heterocycles. The maximum absolute atomic E-state index is 3.36. The van der Waals surface area contributed by atoms with Crippen LogP contribution < -0.4 is 0 Å². The summed E-state index contributed by atoms with van der Waals surface area (Å²) in [5, 5.41) is 0. The predicted molar refractivity (Wildman–Crippen MR) is 20.4 cm³/mol. The third kappa shape index (κ3) is 16.3. The van der Waals surface area contributed by atoms with Gasteiger partial charge in [-0.3, -0.25) is 0 Å². The van der Waals surface area contributed by atoms with Gasteiger partial charge in [0.05, 0.1) is 0 Å². The molecule has 0 saturated carbocycles. The molecular weight excluding hydrogens is 107 g/mol. The summed E-state index contributed by atoms with van der Waals surface area (Å²) in [5.41, 5.74) is 0. The van der Waals surface area contributed by atoms with Gasteiger partial charge in [0.2, 0.25) is 0 Å². The first-order valence-corrected chi connectivity index (χ1v) is 1.15. The van der Waals surface area contributed by atoms with E-state index in [4.69, 9.17) is 0 Å². The van der Waals surface area contributed by atoms with E-state index in [1.54, 1.807) is 12.2 Å². The summed E-state index contributed by atoms with van der Waals surface area (Å²) < 4.78 is 0. The van der Waals surface area contributed by atoms with Gasteiger partial charge in [0.25, 0.3) is 0 Å².